The molecule has 21 heavy (non-hydrogen) atoms. The Morgan fingerprint density at radius 2 is 1.86 bits per heavy atom. The maximum absolute atomic E-state index is 13.9. The highest BCUT2D eigenvalue weighted by molar-refractivity contribution is 7.90. The molecule has 2 aromatic heterocycles. The smallest absolute Gasteiger partial charge is 0.224 e. The van der Waals surface area contributed by atoms with E-state index in [-0.39, 0.29) is 21.1 Å². The van der Waals surface area contributed by atoms with Crippen LogP contribution in [0.1, 0.15) is 5.56 Å². The summed E-state index contributed by atoms with van der Waals surface area (Å²) < 4.78 is 39.9. The second-order valence-corrected chi connectivity index (χ2v) is 6.63. The summed E-state index contributed by atoms with van der Waals surface area (Å²) in [5.74, 6) is -0.786. The highest BCUT2D eigenvalue weighted by atomic mass is 35.5. The lowest BCUT2D eigenvalue weighted by atomic mass is 10.2. The first-order chi connectivity index (χ1) is 9.91. The van der Waals surface area contributed by atoms with Gasteiger partial charge in [0.2, 0.25) is 0 Å². The second-order valence-electron chi connectivity index (χ2n) is 4.45. The molecular weight excluding hydrogens is 317 g/mol. The number of rotatable bonds is 2. The van der Waals surface area contributed by atoms with E-state index in [1.165, 1.54) is 12.1 Å². The third kappa shape index (κ3) is 2.18. The first kappa shape index (κ1) is 14.0. The van der Waals surface area contributed by atoms with Crippen LogP contribution in [-0.2, 0) is 10.0 Å². The normalized spacial score (nSPS) is 12.0. The van der Waals surface area contributed by atoms with Crippen LogP contribution in [0.3, 0.4) is 0 Å². The minimum Gasteiger partial charge on any atom is -0.224 e. The zero-order valence-corrected chi connectivity index (χ0v) is 12.4. The Bertz CT molecular complexity index is 936. The van der Waals surface area contributed by atoms with Gasteiger partial charge in [0.25, 0.3) is 10.0 Å². The first-order valence-corrected chi connectivity index (χ1v) is 7.72. The number of hydrogen-bond acceptors (Lipinski definition) is 4. The third-order valence-corrected chi connectivity index (χ3v) is 4.99. The topological polar surface area (TPSA) is 64.8 Å². The first-order valence-electron chi connectivity index (χ1n) is 5.90. The van der Waals surface area contributed by atoms with Crippen LogP contribution in [0.25, 0.3) is 11.0 Å². The SMILES string of the molecule is Cc1ccc(S(=O)(=O)n2cc(F)c3c(Cl)ncnc32)cc1. The summed E-state index contributed by atoms with van der Waals surface area (Å²) >= 11 is 5.79. The fourth-order valence-electron chi connectivity index (χ4n) is 1.96. The Labute approximate surface area is 125 Å². The molecule has 0 bridgehead atoms. The van der Waals surface area contributed by atoms with Crippen molar-refractivity contribution >= 4 is 32.7 Å². The van der Waals surface area contributed by atoms with E-state index >= 15 is 0 Å². The van der Waals surface area contributed by atoms with Gasteiger partial charge in [0.1, 0.15) is 11.5 Å². The Hall–Kier alpha value is -1.99. The molecule has 0 amide bonds. The van der Waals surface area contributed by atoms with Crippen molar-refractivity contribution in [2.24, 2.45) is 0 Å². The molecule has 0 N–H and O–H groups in total. The maximum atomic E-state index is 13.9. The molecule has 0 aliphatic rings. The third-order valence-electron chi connectivity index (χ3n) is 3.04. The highest BCUT2D eigenvalue weighted by Crippen LogP contribution is 2.27. The van der Waals surface area contributed by atoms with Gasteiger partial charge in [-0.1, -0.05) is 29.3 Å². The van der Waals surface area contributed by atoms with Gasteiger partial charge in [-0.05, 0) is 19.1 Å². The second kappa shape index (κ2) is 4.78. The van der Waals surface area contributed by atoms with Gasteiger partial charge in [-0.3, -0.25) is 0 Å². The number of nitrogens with zero attached hydrogens (tertiary/aromatic N) is 3. The van der Waals surface area contributed by atoms with Crippen LogP contribution < -0.4 is 0 Å². The van der Waals surface area contributed by atoms with E-state index in [1.54, 1.807) is 12.1 Å². The monoisotopic (exact) mass is 325 g/mol. The summed E-state index contributed by atoms with van der Waals surface area (Å²) in [5, 5.41) is -0.245. The molecule has 3 rings (SSSR count). The number of aryl methyl sites for hydroxylation is 1. The average molecular weight is 326 g/mol. The Kier molecular flexibility index (Phi) is 3.18. The fraction of sp³-hybridized carbons (Fsp3) is 0.0769. The predicted molar refractivity (Wildman–Crippen MR) is 76.3 cm³/mol. The molecular formula is C13H9ClFN3O2S. The molecule has 0 radical (unpaired) electrons. The van der Waals surface area contributed by atoms with Gasteiger partial charge in [-0.2, -0.15) is 0 Å². The largest absolute Gasteiger partial charge is 0.269 e. The molecule has 108 valence electrons. The van der Waals surface area contributed by atoms with Crippen molar-refractivity contribution in [1.29, 1.82) is 0 Å². The molecule has 0 saturated heterocycles. The predicted octanol–water partition coefficient (Wildman–Crippen LogP) is 2.77. The number of halogens is 2. The maximum Gasteiger partial charge on any atom is 0.269 e. The lowest BCUT2D eigenvalue weighted by Gasteiger charge is -2.06. The molecule has 5 nitrogen and oxygen atoms in total. The van der Waals surface area contributed by atoms with Gasteiger partial charge in [-0.15, -0.1) is 0 Å². The summed E-state index contributed by atoms with van der Waals surface area (Å²) in [5.41, 5.74) is 0.830. The number of aromatic nitrogens is 3. The van der Waals surface area contributed by atoms with Crippen LogP contribution in [0.5, 0.6) is 0 Å². The van der Waals surface area contributed by atoms with Crippen molar-refractivity contribution in [3.05, 3.63) is 53.3 Å². The van der Waals surface area contributed by atoms with Gasteiger partial charge in [0.05, 0.1) is 16.5 Å². The molecule has 0 fully saturated rings. The fourth-order valence-corrected chi connectivity index (χ4v) is 3.49. The summed E-state index contributed by atoms with van der Waals surface area (Å²) in [6, 6.07) is 6.24. The van der Waals surface area contributed by atoms with Gasteiger partial charge in [0, 0.05) is 0 Å². The van der Waals surface area contributed by atoms with Gasteiger partial charge in [0.15, 0.2) is 11.5 Å². The van der Waals surface area contributed by atoms with Gasteiger partial charge < -0.3 is 0 Å². The number of hydrogen-bond donors (Lipinski definition) is 0. The van der Waals surface area contributed by atoms with E-state index in [9.17, 15) is 12.8 Å². The van der Waals surface area contributed by atoms with Gasteiger partial charge >= 0.3 is 0 Å². The van der Waals surface area contributed by atoms with E-state index in [4.69, 9.17) is 11.6 Å². The van der Waals surface area contributed by atoms with E-state index in [2.05, 4.69) is 9.97 Å². The van der Waals surface area contributed by atoms with E-state index in [0.29, 0.717) is 0 Å². The zero-order chi connectivity index (χ0) is 15.2. The minimum atomic E-state index is -3.95. The number of fused-ring (bicyclic) bond motifs is 1. The van der Waals surface area contributed by atoms with Crippen molar-refractivity contribution < 1.29 is 12.8 Å². The van der Waals surface area contributed by atoms with Crippen molar-refractivity contribution in [1.82, 2.24) is 13.9 Å². The van der Waals surface area contributed by atoms with Crippen LogP contribution in [0.4, 0.5) is 4.39 Å². The van der Waals surface area contributed by atoms with Crippen LogP contribution >= 0.6 is 11.6 Å². The Morgan fingerprint density at radius 3 is 2.52 bits per heavy atom. The zero-order valence-electron chi connectivity index (χ0n) is 10.8. The summed E-state index contributed by atoms with van der Waals surface area (Å²) in [6.45, 7) is 1.84. The van der Waals surface area contributed by atoms with Crippen LogP contribution in [0, 0.1) is 12.7 Å². The summed E-state index contributed by atoms with van der Waals surface area (Å²) in [6.07, 6.45) is 1.94. The lowest BCUT2D eigenvalue weighted by Crippen LogP contribution is -2.12. The molecule has 3 aromatic rings. The molecule has 0 spiro atoms. The Balaban J connectivity index is 2.29. The van der Waals surface area contributed by atoms with Crippen molar-refractivity contribution in [3.63, 3.8) is 0 Å². The summed E-state index contributed by atoms with van der Waals surface area (Å²) in [7, 11) is -3.95. The molecule has 2 heterocycles. The van der Waals surface area contributed by atoms with Crippen LogP contribution in [0.15, 0.2) is 41.7 Å². The van der Waals surface area contributed by atoms with Crippen molar-refractivity contribution in [2.45, 2.75) is 11.8 Å². The van der Waals surface area contributed by atoms with Crippen LogP contribution in [0.2, 0.25) is 5.15 Å². The molecule has 8 heteroatoms. The molecule has 1 aromatic carbocycles. The quantitative estimate of drug-likeness (QED) is 0.680. The standard InChI is InChI=1S/C13H9ClFN3O2S/c1-8-2-4-9(5-3-8)21(19,20)18-6-10(15)11-12(14)16-7-17-13(11)18/h2-7H,1H3. The molecule has 0 unspecified atom stereocenters. The average Bonchev–Trinajstić information content (AvgIpc) is 2.79. The van der Waals surface area contributed by atoms with Gasteiger partial charge in [-0.25, -0.2) is 26.7 Å². The Morgan fingerprint density at radius 1 is 1.19 bits per heavy atom. The minimum absolute atomic E-state index is 0.0414. The van der Waals surface area contributed by atoms with Crippen molar-refractivity contribution in [2.75, 3.05) is 0 Å². The van der Waals surface area contributed by atoms with Crippen LogP contribution in [-0.4, -0.2) is 22.4 Å². The molecule has 0 aliphatic carbocycles. The highest BCUT2D eigenvalue weighted by Gasteiger charge is 2.23. The molecule has 0 atom stereocenters. The number of benzene rings is 1. The van der Waals surface area contributed by atoms with Crippen molar-refractivity contribution in [3.8, 4) is 0 Å². The van der Waals surface area contributed by atoms with E-state index in [1.807, 2.05) is 6.92 Å². The van der Waals surface area contributed by atoms with E-state index in [0.717, 1.165) is 22.1 Å². The lowest BCUT2D eigenvalue weighted by molar-refractivity contribution is 0.585. The molecule has 0 aliphatic heterocycles. The van der Waals surface area contributed by atoms with E-state index < -0.39 is 15.8 Å². The summed E-state index contributed by atoms with van der Waals surface area (Å²) in [4.78, 5) is 7.52. The molecule has 0 saturated carbocycles.